The van der Waals surface area contributed by atoms with Crippen LogP contribution in [0.1, 0.15) is 43.5 Å². The van der Waals surface area contributed by atoms with Crippen molar-refractivity contribution in [1.29, 1.82) is 0 Å². The van der Waals surface area contributed by atoms with Gasteiger partial charge in [0.25, 0.3) is 5.91 Å². The molecule has 1 aliphatic rings. The number of hydrogen-bond acceptors (Lipinski definition) is 4. The van der Waals surface area contributed by atoms with Gasteiger partial charge in [-0.1, -0.05) is 6.07 Å². The van der Waals surface area contributed by atoms with E-state index in [-0.39, 0.29) is 17.7 Å². The lowest BCUT2D eigenvalue weighted by Gasteiger charge is -2.27. The predicted octanol–water partition coefficient (Wildman–Crippen LogP) is 2.17. The van der Waals surface area contributed by atoms with E-state index in [9.17, 15) is 9.59 Å². The SMILES string of the molecule is CCOCCCNC(=O)c1cccc(NC(=O)[C@H]2CCN[C@@H](C)C2)c1. The van der Waals surface area contributed by atoms with Gasteiger partial charge in [-0.05, 0) is 57.9 Å². The first-order valence-corrected chi connectivity index (χ1v) is 9.10. The lowest BCUT2D eigenvalue weighted by molar-refractivity contribution is -0.120. The maximum absolute atomic E-state index is 12.4. The monoisotopic (exact) mass is 347 g/mol. The molecule has 6 nitrogen and oxygen atoms in total. The Morgan fingerprint density at radius 3 is 2.96 bits per heavy atom. The Labute approximate surface area is 149 Å². The molecule has 0 aliphatic carbocycles. The molecule has 138 valence electrons. The summed E-state index contributed by atoms with van der Waals surface area (Å²) < 4.78 is 5.25. The van der Waals surface area contributed by atoms with E-state index >= 15 is 0 Å². The largest absolute Gasteiger partial charge is 0.382 e. The third-order valence-corrected chi connectivity index (χ3v) is 4.34. The van der Waals surface area contributed by atoms with Gasteiger partial charge in [0.1, 0.15) is 0 Å². The van der Waals surface area contributed by atoms with Gasteiger partial charge in [0.2, 0.25) is 5.91 Å². The van der Waals surface area contributed by atoms with Gasteiger partial charge in [-0.25, -0.2) is 0 Å². The molecule has 1 aromatic carbocycles. The van der Waals surface area contributed by atoms with Crippen molar-refractivity contribution in [2.45, 2.75) is 39.2 Å². The lowest BCUT2D eigenvalue weighted by atomic mass is 9.92. The van der Waals surface area contributed by atoms with Crippen LogP contribution in [-0.4, -0.2) is 44.2 Å². The van der Waals surface area contributed by atoms with E-state index in [4.69, 9.17) is 4.74 Å². The van der Waals surface area contributed by atoms with Gasteiger partial charge in [-0.3, -0.25) is 9.59 Å². The highest BCUT2D eigenvalue weighted by atomic mass is 16.5. The van der Waals surface area contributed by atoms with E-state index in [0.29, 0.717) is 37.1 Å². The Hall–Kier alpha value is -1.92. The first kappa shape index (κ1) is 19.4. The summed E-state index contributed by atoms with van der Waals surface area (Å²) in [5.74, 6) is -0.0852. The summed E-state index contributed by atoms with van der Waals surface area (Å²) in [6.45, 7) is 6.80. The molecule has 1 aromatic rings. The molecule has 25 heavy (non-hydrogen) atoms. The highest BCUT2D eigenvalue weighted by Crippen LogP contribution is 2.19. The Balaban J connectivity index is 1.85. The number of nitrogens with one attached hydrogen (secondary N) is 3. The number of piperidine rings is 1. The van der Waals surface area contributed by atoms with Crippen molar-refractivity contribution in [3.63, 3.8) is 0 Å². The van der Waals surface area contributed by atoms with Crippen LogP contribution < -0.4 is 16.0 Å². The molecule has 1 saturated heterocycles. The molecule has 1 heterocycles. The smallest absolute Gasteiger partial charge is 0.251 e. The fraction of sp³-hybridized carbons (Fsp3) is 0.579. The minimum absolute atomic E-state index is 0.0206. The molecule has 1 aliphatic heterocycles. The molecule has 0 spiro atoms. The fourth-order valence-corrected chi connectivity index (χ4v) is 2.98. The lowest BCUT2D eigenvalue weighted by Crippen LogP contribution is -2.40. The van der Waals surface area contributed by atoms with Gasteiger partial charge in [0.05, 0.1) is 0 Å². The normalized spacial score (nSPS) is 20.1. The van der Waals surface area contributed by atoms with E-state index in [0.717, 1.165) is 25.8 Å². The van der Waals surface area contributed by atoms with Gasteiger partial charge in [-0.15, -0.1) is 0 Å². The summed E-state index contributed by atoms with van der Waals surface area (Å²) in [5, 5.41) is 9.16. The van der Waals surface area contributed by atoms with E-state index in [1.165, 1.54) is 0 Å². The number of carbonyl (C=O) groups is 2. The summed E-state index contributed by atoms with van der Waals surface area (Å²) in [6, 6.07) is 7.43. The maximum Gasteiger partial charge on any atom is 0.251 e. The highest BCUT2D eigenvalue weighted by molar-refractivity contribution is 5.97. The van der Waals surface area contributed by atoms with Gasteiger partial charge in [0, 0.05) is 43.0 Å². The van der Waals surface area contributed by atoms with Crippen molar-refractivity contribution in [1.82, 2.24) is 10.6 Å². The van der Waals surface area contributed by atoms with E-state index < -0.39 is 0 Å². The van der Waals surface area contributed by atoms with Gasteiger partial charge < -0.3 is 20.7 Å². The average Bonchev–Trinajstić information content (AvgIpc) is 2.61. The van der Waals surface area contributed by atoms with Crippen LogP contribution in [0, 0.1) is 5.92 Å². The summed E-state index contributed by atoms with van der Waals surface area (Å²) in [5.41, 5.74) is 1.21. The molecule has 2 amide bonds. The molecule has 0 saturated carbocycles. The van der Waals surface area contributed by atoms with Gasteiger partial charge in [-0.2, -0.15) is 0 Å². The number of carbonyl (C=O) groups excluding carboxylic acids is 2. The minimum atomic E-state index is -0.136. The Morgan fingerprint density at radius 2 is 2.20 bits per heavy atom. The zero-order valence-corrected chi connectivity index (χ0v) is 15.1. The fourth-order valence-electron chi connectivity index (χ4n) is 2.98. The molecular weight excluding hydrogens is 318 g/mol. The van der Waals surface area contributed by atoms with Gasteiger partial charge in [0.15, 0.2) is 0 Å². The Kier molecular flexibility index (Phi) is 7.88. The van der Waals surface area contributed by atoms with Crippen LogP contribution in [0.2, 0.25) is 0 Å². The van der Waals surface area contributed by atoms with Crippen molar-refractivity contribution in [2.24, 2.45) is 5.92 Å². The number of amides is 2. The maximum atomic E-state index is 12.4. The van der Waals surface area contributed by atoms with Crippen molar-refractivity contribution >= 4 is 17.5 Å². The third kappa shape index (κ3) is 6.48. The molecule has 6 heteroatoms. The summed E-state index contributed by atoms with van der Waals surface area (Å²) in [6.07, 6.45) is 2.46. The van der Waals surface area contributed by atoms with Crippen LogP contribution in [0.3, 0.4) is 0 Å². The second kappa shape index (κ2) is 10.2. The second-order valence-electron chi connectivity index (χ2n) is 6.45. The first-order valence-electron chi connectivity index (χ1n) is 9.10. The predicted molar refractivity (Wildman–Crippen MR) is 98.7 cm³/mol. The summed E-state index contributed by atoms with van der Waals surface area (Å²) >= 11 is 0. The quantitative estimate of drug-likeness (QED) is 0.630. The van der Waals surface area contributed by atoms with Crippen LogP contribution in [0.25, 0.3) is 0 Å². The molecule has 1 fully saturated rings. The van der Waals surface area contributed by atoms with E-state index in [1.807, 2.05) is 13.0 Å². The molecule has 3 N–H and O–H groups in total. The van der Waals surface area contributed by atoms with Crippen molar-refractivity contribution in [3.05, 3.63) is 29.8 Å². The van der Waals surface area contributed by atoms with Crippen molar-refractivity contribution in [2.75, 3.05) is 31.6 Å². The van der Waals surface area contributed by atoms with Crippen LogP contribution >= 0.6 is 0 Å². The van der Waals surface area contributed by atoms with Crippen LogP contribution in [0.4, 0.5) is 5.69 Å². The van der Waals surface area contributed by atoms with Crippen molar-refractivity contribution in [3.8, 4) is 0 Å². The topological polar surface area (TPSA) is 79.5 Å². The van der Waals surface area contributed by atoms with Crippen LogP contribution in [0.5, 0.6) is 0 Å². The van der Waals surface area contributed by atoms with E-state index in [1.54, 1.807) is 18.2 Å². The van der Waals surface area contributed by atoms with Crippen LogP contribution in [-0.2, 0) is 9.53 Å². The molecule has 2 rings (SSSR count). The number of anilines is 1. The Bertz CT molecular complexity index is 577. The number of ether oxygens (including phenoxy) is 1. The molecule has 2 atom stereocenters. The third-order valence-electron chi connectivity index (χ3n) is 4.34. The minimum Gasteiger partial charge on any atom is -0.382 e. The average molecular weight is 347 g/mol. The molecule has 0 unspecified atom stereocenters. The zero-order chi connectivity index (χ0) is 18.1. The molecule has 0 aromatic heterocycles. The Morgan fingerprint density at radius 1 is 1.36 bits per heavy atom. The second-order valence-corrected chi connectivity index (χ2v) is 6.45. The molecular formula is C19H29N3O3. The van der Waals surface area contributed by atoms with E-state index in [2.05, 4.69) is 22.9 Å². The van der Waals surface area contributed by atoms with Crippen LogP contribution in [0.15, 0.2) is 24.3 Å². The van der Waals surface area contributed by atoms with Gasteiger partial charge >= 0.3 is 0 Å². The summed E-state index contributed by atoms with van der Waals surface area (Å²) in [4.78, 5) is 24.6. The number of hydrogen-bond donors (Lipinski definition) is 3. The molecule has 0 bridgehead atoms. The number of benzene rings is 1. The number of rotatable bonds is 8. The zero-order valence-electron chi connectivity index (χ0n) is 15.1. The van der Waals surface area contributed by atoms with Crippen molar-refractivity contribution < 1.29 is 14.3 Å². The standard InChI is InChI=1S/C19H29N3O3/c1-3-25-11-5-9-21-18(23)15-6-4-7-17(13-15)22-19(24)16-8-10-20-14(2)12-16/h4,6-7,13-14,16,20H,3,5,8-12H2,1-2H3,(H,21,23)(H,22,24)/t14-,16-/m0/s1. The molecule has 0 radical (unpaired) electrons. The summed E-state index contributed by atoms with van der Waals surface area (Å²) in [7, 11) is 0. The first-order chi connectivity index (χ1) is 12.1. The highest BCUT2D eigenvalue weighted by Gasteiger charge is 2.24.